The van der Waals surface area contributed by atoms with Crippen LogP contribution in [-0.4, -0.2) is 11.8 Å². The average molecular weight is 189 g/mol. The number of hydrogen-bond donors (Lipinski definition) is 0. The molecule has 1 aromatic rings. The largest absolute Gasteiger partial charge is 0.392 e. The summed E-state index contributed by atoms with van der Waals surface area (Å²) in [6.07, 6.45) is 0.151. The van der Waals surface area contributed by atoms with Crippen LogP contribution in [0.3, 0.4) is 0 Å². The lowest BCUT2D eigenvalue weighted by molar-refractivity contribution is 0.0511. The van der Waals surface area contributed by atoms with Crippen LogP contribution >= 0.6 is 0 Å². The van der Waals surface area contributed by atoms with E-state index in [-0.39, 0.29) is 11.5 Å². The molecule has 0 bridgehead atoms. The van der Waals surface area contributed by atoms with Crippen molar-refractivity contribution < 1.29 is 4.84 Å². The molecule has 14 heavy (non-hydrogen) atoms. The lowest BCUT2D eigenvalue weighted by Gasteiger charge is -2.22. The molecular weight excluding hydrogens is 174 g/mol. The predicted octanol–water partition coefficient (Wildman–Crippen LogP) is 2.84. The van der Waals surface area contributed by atoms with Crippen molar-refractivity contribution in [1.29, 1.82) is 0 Å². The highest BCUT2D eigenvalue weighted by Crippen LogP contribution is 2.34. The van der Waals surface area contributed by atoms with Gasteiger partial charge in [-0.05, 0) is 12.5 Å². The van der Waals surface area contributed by atoms with Crippen LogP contribution in [0.5, 0.6) is 0 Å². The summed E-state index contributed by atoms with van der Waals surface area (Å²) in [4.78, 5) is 5.32. The van der Waals surface area contributed by atoms with E-state index in [4.69, 9.17) is 4.84 Å². The van der Waals surface area contributed by atoms with Gasteiger partial charge in [-0.3, -0.25) is 0 Å². The Morgan fingerprint density at radius 1 is 1.21 bits per heavy atom. The third-order valence-corrected chi connectivity index (χ3v) is 2.98. The summed E-state index contributed by atoms with van der Waals surface area (Å²) in [6, 6.07) is 10.2. The molecule has 2 rings (SSSR count). The maximum absolute atomic E-state index is 5.32. The zero-order valence-corrected chi connectivity index (χ0v) is 8.82. The second-order valence-electron chi connectivity index (χ2n) is 4.28. The van der Waals surface area contributed by atoms with Crippen LogP contribution in [0, 0.1) is 5.41 Å². The van der Waals surface area contributed by atoms with Gasteiger partial charge in [-0.25, -0.2) is 0 Å². The Hall–Kier alpha value is -1.31. The topological polar surface area (TPSA) is 21.6 Å². The smallest absolute Gasteiger partial charge is 0.135 e. The monoisotopic (exact) mass is 189 g/mol. The second kappa shape index (κ2) is 3.12. The van der Waals surface area contributed by atoms with Crippen molar-refractivity contribution in [1.82, 2.24) is 0 Å². The van der Waals surface area contributed by atoms with E-state index in [2.05, 4.69) is 38.1 Å². The molecule has 0 aromatic heterocycles. The van der Waals surface area contributed by atoms with Crippen LogP contribution in [0.1, 0.15) is 26.3 Å². The SMILES string of the molecule is CC1ON=C(c2ccccc2)C1(C)C. The van der Waals surface area contributed by atoms with Gasteiger partial charge in [0, 0.05) is 0 Å². The van der Waals surface area contributed by atoms with E-state index in [1.165, 1.54) is 0 Å². The van der Waals surface area contributed by atoms with Crippen LogP contribution in [0.4, 0.5) is 0 Å². The first kappa shape index (κ1) is 9.25. The molecule has 2 nitrogen and oxygen atoms in total. The third-order valence-electron chi connectivity index (χ3n) is 2.98. The first-order chi connectivity index (χ1) is 6.62. The third kappa shape index (κ3) is 1.31. The number of hydrogen-bond acceptors (Lipinski definition) is 2. The van der Waals surface area contributed by atoms with E-state index in [1.807, 2.05) is 18.2 Å². The Balaban J connectivity index is 2.38. The maximum Gasteiger partial charge on any atom is 0.135 e. The molecule has 1 heterocycles. The van der Waals surface area contributed by atoms with Crippen LogP contribution < -0.4 is 0 Å². The van der Waals surface area contributed by atoms with Gasteiger partial charge in [0.15, 0.2) is 0 Å². The summed E-state index contributed by atoms with van der Waals surface area (Å²) in [7, 11) is 0. The Morgan fingerprint density at radius 2 is 1.86 bits per heavy atom. The predicted molar refractivity (Wildman–Crippen MR) is 57.3 cm³/mol. The van der Waals surface area contributed by atoms with E-state index in [0.29, 0.717) is 0 Å². The van der Waals surface area contributed by atoms with Gasteiger partial charge in [0.05, 0.1) is 11.1 Å². The van der Waals surface area contributed by atoms with Crippen molar-refractivity contribution >= 4 is 5.71 Å². The second-order valence-corrected chi connectivity index (χ2v) is 4.28. The zero-order chi connectivity index (χ0) is 10.2. The first-order valence-corrected chi connectivity index (χ1v) is 4.92. The van der Waals surface area contributed by atoms with Gasteiger partial charge < -0.3 is 4.84 Å². The number of benzene rings is 1. The van der Waals surface area contributed by atoms with Crippen LogP contribution in [-0.2, 0) is 4.84 Å². The van der Waals surface area contributed by atoms with Gasteiger partial charge in [0.2, 0.25) is 0 Å². The molecule has 0 saturated heterocycles. The van der Waals surface area contributed by atoms with Crippen LogP contribution in [0.25, 0.3) is 0 Å². The van der Waals surface area contributed by atoms with Crippen LogP contribution in [0.15, 0.2) is 35.5 Å². The van der Waals surface area contributed by atoms with E-state index < -0.39 is 0 Å². The van der Waals surface area contributed by atoms with Crippen molar-refractivity contribution in [3.8, 4) is 0 Å². The van der Waals surface area contributed by atoms with E-state index in [0.717, 1.165) is 11.3 Å². The summed E-state index contributed by atoms with van der Waals surface area (Å²) in [6.45, 7) is 6.38. The average Bonchev–Trinajstić information content (AvgIpc) is 2.44. The van der Waals surface area contributed by atoms with Gasteiger partial charge in [0.1, 0.15) is 6.10 Å². The molecule has 1 unspecified atom stereocenters. The molecule has 0 N–H and O–H groups in total. The first-order valence-electron chi connectivity index (χ1n) is 4.92. The molecule has 0 amide bonds. The van der Waals surface area contributed by atoms with E-state index >= 15 is 0 Å². The molecule has 0 radical (unpaired) electrons. The number of nitrogens with zero attached hydrogens (tertiary/aromatic N) is 1. The van der Waals surface area contributed by atoms with Crippen molar-refractivity contribution in [2.24, 2.45) is 10.6 Å². The molecule has 2 heteroatoms. The highest BCUT2D eigenvalue weighted by Gasteiger charge is 2.39. The van der Waals surface area contributed by atoms with Gasteiger partial charge in [-0.15, -0.1) is 0 Å². The maximum atomic E-state index is 5.32. The minimum Gasteiger partial charge on any atom is -0.392 e. The van der Waals surface area contributed by atoms with E-state index in [9.17, 15) is 0 Å². The highest BCUT2D eigenvalue weighted by atomic mass is 16.6. The summed E-state index contributed by atoms with van der Waals surface area (Å²) < 4.78 is 0. The molecule has 0 spiro atoms. The van der Waals surface area contributed by atoms with Gasteiger partial charge >= 0.3 is 0 Å². The summed E-state index contributed by atoms with van der Waals surface area (Å²) in [5.41, 5.74) is 2.20. The molecule has 1 aliphatic rings. The summed E-state index contributed by atoms with van der Waals surface area (Å²) in [5.74, 6) is 0. The minimum absolute atomic E-state index is 0.00134. The molecular formula is C12H15NO. The summed E-state index contributed by atoms with van der Waals surface area (Å²) in [5, 5.41) is 4.16. The quantitative estimate of drug-likeness (QED) is 0.665. The van der Waals surface area contributed by atoms with Crippen molar-refractivity contribution in [2.75, 3.05) is 0 Å². The van der Waals surface area contributed by atoms with Crippen molar-refractivity contribution in [3.63, 3.8) is 0 Å². The number of rotatable bonds is 1. The Morgan fingerprint density at radius 3 is 2.36 bits per heavy atom. The fourth-order valence-corrected chi connectivity index (χ4v) is 1.59. The van der Waals surface area contributed by atoms with Crippen molar-refractivity contribution in [2.45, 2.75) is 26.9 Å². The fraction of sp³-hybridized carbons (Fsp3) is 0.417. The van der Waals surface area contributed by atoms with Crippen molar-refractivity contribution in [3.05, 3.63) is 35.9 Å². The standard InChI is InChI=1S/C12H15NO/c1-9-12(2,3)11(13-14-9)10-7-5-4-6-8-10/h4-9H,1-3H3. The molecule has 1 aliphatic heterocycles. The Kier molecular flexibility index (Phi) is 2.06. The molecule has 0 fully saturated rings. The van der Waals surface area contributed by atoms with Gasteiger partial charge in [0.25, 0.3) is 0 Å². The van der Waals surface area contributed by atoms with Gasteiger partial charge in [-0.1, -0.05) is 49.3 Å². The van der Waals surface area contributed by atoms with E-state index in [1.54, 1.807) is 0 Å². The lowest BCUT2D eigenvalue weighted by atomic mass is 9.80. The highest BCUT2D eigenvalue weighted by molar-refractivity contribution is 6.05. The molecule has 74 valence electrons. The number of oxime groups is 1. The van der Waals surface area contributed by atoms with Crippen LogP contribution in [0.2, 0.25) is 0 Å². The zero-order valence-electron chi connectivity index (χ0n) is 8.82. The molecule has 0 aliphatic carbocycles. The summed E-state index contributed by atoms with van der Waals surface area (Å²) >= 11 is 0. The lowest BCUT2D eigenvalue weighted by Crippen LogP contribution is -2.30. The Bertz CT molecular complexity index is 354. The Labute approximate surface area is 84.6 Å². The molecule has 0 saturated carbocycles. The fourth-order valence-electron chi connectivity index (χ4n) is 1.59. The minimum atomic E-state index is 0.00134. The van der Waals surface area contributed by atoms with Gasteiger partial charge in [-0.2, -0.15) is 0 Å². The normalized spacial score (nSPS) is 24.2. The molecule has 1 aromatic carbocycles. The molecule has 1 atom stereocenters.